The number of sulfonamides is 1. The first-order valence-corrected chi connectivity index (χ1v) is 8.56. The minimum Gasteiger partial charge on any atom is -0.312 e. The Morgan fingerprint density at radius 2 is 1.69 bits per heavy atom. The number of H-pyrrole nitrogens is 2. The van der Waals surface area contributed by atoms with Crippen molar-refractivity contribution in [3.05, 3.63) is 69.8 Å². The van der Waals surface area contributed by atoms with E-state index in [1.54, 1.807) is 6.07 Å². The minimum absolute atomic E-state index is 0.0224. The lowest BCUT2D eigenvalue weighted by atomic mass is 10.3. The fraction of sp³-hybridized carbons (Fsp3) is 0. The highest BCUT2D eigenvalue weighted by atomic mass is 32.2. The van der Waals surface area contributed by atoms with Crippen molar-refractivity contribution in [2.45, 2.75) is 4.90 Å². The van der Waals surface area contributed by atoms with Crippen molar-refractivity contribution in [1.29, 1.82) is 0 Å². The average molecular weight is 373 g/mol. The quantitative estimate of drug-likeness (QED) is 0.566. The summed E-state index contributed by atoms with van der Waals surface area (Å²) in [7, 11) is -3.85. The third-order valence-electron chi connectivity index (χ3n) is 3.01. The van der Waals surface area contributed by atoms with Gasteiger partial charge >= 0.3 is 5.69 Å². The van der Waals surface area contributed by atoms with E-state index in [-0.39, 0.29) is 16.5 Å². The van der Waals surface area contributed by atoms with Gasteiger partial charge in [-0.05, 0) is 30.3 Å². The SMILES string of the molecule is O=c1[nH]cc(N=Nc2ccc(S(=O)(=O)Nc3ncccn3)cc2)c(=O)[nH]1. The molecule has 0 radical (unpaired) electrons. The number of nitrogens with zero attached hydrogens (tertiary/aromatic N) is 4. The summed E-state index contributed by atoms with van der Waals surface area (Å²) < 4.78 is 26.7. The van der Waals surface area contributed by atoms with Crippen molar-refractivity contribution in [2.24, 2.45) is 10.2 Å². The summed E-state index contributed by atoms with van der Waals surface area (Å²) >= 11 is 0. The van der Waals surface area contributed by atoms with Crippen LogP contribution in [0.15, 0.2) is 73.6 Å². The minimum atomic E-state index is -3.85. The molecule has 0 aliphatic heterocycles. The number of azo groups is 1. The Balaban J connectivity index is 1.78. The molecule has 0 spiro atoms. The molecule has 0 bridgehead atoms. The van der Waals surface area contributed by atoms with Gasteiger partial charge in [0.25, 0.3) is 15.6 Å². The average Bonchev–Trinajstić information content (AvgIpc) is 2.62. The molecule has 0 aliphatic carbocycles. The number of nitrogens with one attached hydrogen (secondary N) is 3. The molecule has 0 saturated carbocycles. The largest absolute Gasteiger partial charge is 0.325 e. The molecule has 132 valence electrons. The van der Waals surface area contributed by atoms with Gasteiger partial charge in [-0.1, -0.05) is 0 Å². The van der Waals surface area contributed by atoms with Gasteiger partial charge in [-0.15, -0.1) is 5.11 Å². The monoisotopic (exact) mass is 373 g/mol. The third-order valence-corrected chi connectivity index (χ3v) is 4.36. The molecule has 0 saturated heterocycles. The zero-order valence-corrected chi connectivity index (χ0v) is 13.8. The van der Waals surface area contributed by atoms with E-state index in [1.807, 2.05) is 4.98 Å². The topological polar surface area (TPSA) is 162 Å². The van der Waals surface area contributed by atoms with Gasteiger partial charge in [0.1, 0.15) is 0 Å². The van der Waals surface area contributed by atoms with Gasteiger partial charge in [-0.2, -0.15) is 5.11 Å². The van der Waals surface area contributed by atoms with E-state index in [4.69, 9.17) is 0 Å². The molecule has 12 heteroatoms. The van der Waals surface area contributed by atoms with Crippen molar-refractivity contribution < 1.29 is 8.42 Å². The molecule has 2 heterocycles. The summed E-state index contributed by atoms with van der Waals surface area (Å²) in [4.78, 5) is 34.2. The number of anilines is 1. The van der Waals surface area contributed by atoms with Crippen LogP contribution >= 0.6 is 0 Å². The third kappa shape index (κ3) is 4.05. The van der Waals surface area contributed by atoms with Crippen LogP contribution in [0.5, 0.6) is 0 Å². The molecular formula is C14H11N7O4S. The Morgan fingerprint density at radius 1 is 1.00 bits per heavy atom. The maximum atomic E-state index is 12.2. The summed E-state index contributed by atoms with van der Waals surface area (Å²) in [5, 5.41) is 7.52. The summed E-state index contributed by atoms with van der Waals surface area (Å²) in [6.07, 6.45) is 3.94. The van der Waals surface area contributed by atoms with Crippen LogP contribution in [0.25, 0.3) is 0 Å². The van der Waals surface area contributed by atoms with Crippen LogP contribution in [0.4, 0.5) is 17.3 Å². The predicted molar refractivity (Wildman–Crippen MR) is 91.1 cm³/mol. The van der Waals surface area contributed by atoms with Gasteiger partial charge in [0.2, 0.25) is 5.95 Å². The molecule has 0 atom stereocenters. The molecular weight excluding hydrogens is 362 g/mol. The molecule has 26 heavy (non-hydrogen) atoms. The maximum Gasteiger partial charge on any atom is 0.325 e. The molecule has 3 aromatic rings. The van der Waals surface area contributed by atoms with Crippen LogP contribution in [-0.4, -0.2) is 28.4 Å². The molecule has 3 N–H and O–H groups in total. The second-order valence-electron chi connectivity index (χ2n) is 4.83. The number of aromatic amines is 2. The highest BCUT2D eigenvalue weighted by Gasteiger charge is 2.15. The summed E-state index contributed by atoms with van der Waals surface area (Å²) in [5.74, 6) is -0.0476. The van der Waals surface area contributed by atoms with Crippen molar-refractivity contribution in [3.63, 3.8) is 0 Å². The van der Waals surface area contributed by atoms with E-state index in [9.17, 15) is 18.0 Å². The molecule has 11 nitrogen and oxygen atoms in total. The van der Waals surface area contributed by atoms with Gasteiger partial charge in [0.05, 0.1) is 10.6 Å². The Hall–Kier alpha value is -3.67. The smallest absolute Gasteiger partial charge is 0.312 e. The standard InChI is InChI=1S/C14H11N7O4S/c22-12-11(8-17-14(23)18-12)20-19-9-2-4-10(5-3-9)26(24,25)21-13-15-6-1-7-16-13/h1-8H,(H,15,16,21)(H2,17,18,22,23). The maximum absolute atomic E-state index is 12.2. The highest BCUT2D eigenvalue weighted by molar-refractivity contribution is 7.92. The van der Waals surface area contributed by atoms with Crippen molar-refractivity contribution >= 4 is 27.3 Å². The molecule has 1 aromatic carbocycles. The number of hydrogen-bond donors (Lipinski definition) is 3. The van der Waals surface area contributed by atoms with Crippen LogP contribution in [0.2, 0.25) is 0 Å². The van der Waals surface area contributed by atoms with E-state index in [1.165, 1.54) is 36.7 Å². The fourth-order valence-electron chi connectivity index (χ4n) is 1.81. The first-order valence-electron chi connectivity index (χ1n) is 7.08. The van der Waals surface area contributed by atoms with Gasteiger partial charge in [-0.25, -0.2) is 27.9 Å². The van der Waals surface area contributed by atoms with Crippen LogP contribution in [0.3, 0.4) is 0 Å². The zero-order valence-electron chi connectivity index (χ0n) is 12.9. The molecule has 0 fully saturated rings. The Bertz CT molecular complexity index is 1150. The zero-order chi connectivity index (χ0) is 18.6. The van der Waals surface area contributed by atoms with E-state index in [0.717, 1.165) is 6.20 Å². The second kappa shape index (κ2) is 7.06. The number of rotatable bonds is 5. The van der Waals surface area contributed by atoms with Gasteiger partial charge in [0.15, 0.2) is 5.69 Å². The van der Waals surface area contributed by atoms with Crippen molar-refractivity contribution in [3.8, 4) is 0 Å². The Morgan fingerprint density at radius 3 is 2.35 bits per heavy atom. The number of hydrogen-bond acceptors (Lipinski definition) is 8. The molecule has 0 aliphatic rings. The summed E-state index contributed by atoms with van der Waals surface area (Å²) in [6.45, 7) is 0. The Labute approximate surface area is 146 Å². The first kappa shape index (κ1) is 17.2. The van der Waals surface area contributed by atoms with E-state index < -0.39 is 21.3 Å². The number of benzene rings is 1. The van der Waals surface area contributed by atoms with Gasteiger partial charge in [0, 0.05) is 18.6 Å². The van der Waals surface area contributed by atoms with E-state index >= 15 is 0 Å². The van der Waals surface area contributed by atoms with Crippen LogP contribution in [0, 0.1) is 0 Å². The fourth-order valence-corrected chi connectivity index (χ4v) is 2.77. The second-order valence-corrected chi connectivity index (χ2v) is 6.51. The molecule has 2 aromatic heterocycles. The lowest BCUT2D eigenvalue weighted by Gasteiger charge is -2.06. The van der Waals surface area contributed by atoms with Crippen LogP contribution in [0.1, 0.15) is 0 Å². The van der Waals surface area contributed by atoms with Crippen molar-refractivity contribution in [2.75, 3.05) is 4.72 Å². The first-order chi connectivity index (χ1) is 12.4. The lowest BCUT2D eigenvalue weighted by molar-refractivity contribution is 0.601. The number of aromatic nitrogens is 4. The Kier molecular flexibility index (Phi) is 4.66. The van der Waals surface area contributed by atoms with Gasteiger partial charge in [-0.3, -0.25) is 9.78 Å². The highest BCUT2D eigenvalue weighted by Crippen LogP contribution is 2.19. The molecule has 3 rings (SSSR count). The lowest BCUT2D eigenvalue weighted by Crippen LogP contribution is -2.20. The predicted octanol–water partition coefficient (Wildman–Crippen LogP) is 1.07. The van der Waals surface area contributed by atoms with Gasteiger partial charge < -0.3 is 4.98 Å². The molecule has 0 unspecified atom stereocenters. The van der Waals surface area contributed by atoms with E-state index in [0.29, 0.717) is 5.69 Å². The summed E-state index contributed by atoms with van der Waals surface area (Å²) in [6, 6.07) is 7.01. The molecule has 0 amide bonds. The normalized spacial score (nSPS) is 11.5. The van der Waals surface area contributed by atoms with Crippen LogP contribution < -0.4 is 16.0 Å². The van der Waals surface area contributed by atoms with Crippen molar-refractivity contribution in [1.82, 2.24) is 19.9 Å². The van der Waals surface area contributed by atoms with Crippen LogP contribution in [-0.2, 0) is 10.0 Å². The van der Waals surface area contributed by atoms with E-state index in [2.05, 4.69) is 29.9 Å². The summed E-state index contributed by atoms with van der Waals surface area (Å²) in [5.41, 5.74) is -1.13.